The molecule has 2 N–H and O–H groups in total. The van der Waals surface area contributed by atoms with Crippen LogP contribution in [-0.2, 0) is 14.3 Å². The van der Waals surface area contributed by atoms with Crippen molar-refractivity contribution >= 4 is 41.8 Å². The normalized spacial score (nSPS) is 19.8. The fraction of sp³-hybridized carbons (Fsp3) is 0.722. The minimum absolute atomic E-state index is 0. The van der Waals surface area contributed by atoms with Gasteiger partial charge in [0.25, 0.3) is 0 Å². The van der Waals surface area contributed by atoms with Gasteiger partial charge in [0, 0.05) is 26.7 Å². The molecule has 1 aliphatic carbocycles. The van der Waals surface area contributed by atoms with Crippen molar-refractivity contribution in [3.05, 3.63) is 12.2 Å². The molecule has 0 aromatic rings. The van der Waals surface area contributed by atoms with E-state index in [1.807, 2.05) is 13.8 Å². The van der Waals surface area contributed by atoms with Crippen molar-refractivity contribution in [1.29, 1.82) is 0 Å². The molecule has 150 valence electrons. The Balaban J connectivity index is 0.00000625. The number of nitrogens with zero attached hydrogens (tertiary/aromatic N) is 2. The van der Waals surface area contributed by atoms with Crippen molar-refractivity contribution < 1.29 is 14.3 Å². The topological polar surface area (TPSA) is 83.0 Å². The first kappa shape index (κ1) is 24.7. The van der Waals surface area contributed by atoms with Crippen molar-refractivity contribution in [3.8, 4) is 0 Å². The predicted octanol–water partition coefficient (Wildman–Crippen LogP) is 1.93. The van der Waals surface area contributed by atoms with Gasteiger partial charge in [-0.2, -0.15) is 0 Å². The highest BCUT2D eigenvalue weighted by Crippen LogP contribution is 2.25. The van der Waals surface area contributed by atoms with Crippen molar-refractivity contribution in [2.45, 2.75) is 45.6 Å². The first-order chi connectivity index (χ1) is 11.8. The van der Waals surface area contributed by atoms with Crippen LogP contribution in [0.3, 0.4) is 0 Å². The van der Waals surface area contributed by atoms with E-state index in [0.717, 1.165) is 31.3 Å². The Morgan fingerprint density at radius 2 is 1.85 bits per heavy atom. The number of esters is 1. The molecule has 0 aromatic heterocycles. The summed E-state index contributed by atoms with van der Waals surface area (Å²) in [6.07, 6.45) is 3.36. The summed E-state index contributed by atoms with van der Waals surface area (Å²) in [5.74, 6) is 0.462. The highest BCUT2D eigenvalue weighted by Gasteiger charge is 2.27. The molecule has 0 unspecified atom stereocenters. The van der Waals surface area contributed by atoms with Gasteiger partial charge in [-0.3, -0.25) is 9.59 Å². The van der Waals surface area contributed by atoms with Crippen molar-refractivity contribution in [2.75, 3.05) is 33.8 Å². The van der Waals surface area contributed by atoms with Crippen molar-refractivity contribution in [1.82, 2.24) is 15.5 Å². The first-order valence-electron chi connectivity index (χ1n) is 8.89. The van der Waals surface area contributed by atoms with Gasteiger partial charge in [-0.15, -0.1) is 24.0 Å². The Morgan fingerprint density at radius 1 is 1.23 bits per heavy atom. The Morgan fingerprint density at radius 3 is 2.35 bits per heavy atom. The monoisotopic (exact) mass is 480 g/mol. The van der Waals surface area contributed by atoms with E-state index in [4.69, 9.17) is 4.74 Å². The summed E-state index contributed by atoms with van der Waals surface area (Å²) in [6, 6.07) is 0.233. The van der Waals surface area contributed by atoms with Crippen LogP contribution in [0, 0.1) is 5.92 Å². The number of carbonyl (C=O) groups excluding carboxylic acids is 2. The van der Waals surface area contributed by atoms with Crippen LogP contribution >= 0.6 is 24.0 Å². The van der Waals surface area contributed by atoms with E-state index < -0.39 is 0 Å². The number of hydrogen-bond donors (Lipinski definition) is 2. The molecule has 0 atom stereocenters. The molecule has 0 aromatic carbocycles. The minimum atomic E-state index is -0.0909. The van der Waals surface area contributed by atoms with Crippen LogP contribution in [0.25, 0.3) is 0 Å². The van der Waals surface area contributed by atoms with Gasteiger partial charge in [0.15, 0.2) is 5.96 Å². The van der Waals surface area contributed by atoms with Gasteiger partial charge in [0.2, 0.25) is 5.91 Å². The Bertz CT molecular complexity index is 501. The lowest BCUT2D eigenvalue weighted by Crippen LogP contribution is -2.46. The molecule has 8 heteroatoms. The molecular formula is C18H33IN4O3. The predicted molar refractivity (Wildman–Crippen MR) is 115 cm³/mol. The Labute approximate surface area is 174 Å². The summed E-state index contributed by atoms with van der Waals surface area (Å²) in [5.41, 5.74) is 0.986. The second kappa shape index (κ2) is 12.9. The maximum Gasteiger partial charge on any atom is 0.308 e. The standard InChI is InChI=1S/C18H32N4O3.HI/c1-6-25-17(24)14-7-9-15(10-8-14)21-18(19-11-13(2)3)20-12-16(23)22(4)5;/h14-15H,2,6-12H2,1,3-5H3,(H2,19,20,21);1H. The average Bonchev–Trinajstić information content (AvgIpc) is 2.57. The van der Waals surface area contributed by atoms with Crippen LogP contribution < -0.4 is 10.6 Å². The maximum absolute atomic E-state index is 11.8. The Hall–Kier alpha value is -1.32. The summed E-state index contributed by atoms with van der Waals surface area (Å²) < 4.78 is 5.10. The SMILES string of the molecule is C=C(C)CNC(=NCC(=O)N(C)C)NC1CCC(C(=O)OCC)CC1.I. The molecule has 26 heavy (non-hydrogen) atoms. The van der Waals surface area contributed by atoms with Gasteiger partial charge in [0.1, 0.15) is 6.54 Å². The lowest BCUT2D eigenvalue weighted by Gasteiger charge is -2.29. The fourth-order valence-corrected chi connectivity index (χ4v) is 2.60. The summed E-state index contributed by atoms with van der Waals surface area (Å²) in [6.45, 7) is 8.75. The third-order valence-corrected chi connectivity index (χ3v) is 4.12. The molecule has 0 spiro atoms. The number of hydrogen-bond acceptors (Lipinski definition) is 4. The highest BCUT2D eigenvalue weighted by molar-refractivity contribution is 14.0. The van der Waals surface area contributed by atoms with E-state index in [0.29, 0.717) is 19.1 Å². The van der Waals surface area contributed by atoms with Gasteiger partial charge in [0.05, 0.1) is 12.5 Å². The number of halogens is 1. The summed E-state index contributed by atoms with van der Waals surface area (Å²) in [4.78, 5) is 29.4. The van der Waals surface area contributed by atoms with E-state index in [-0.39, 0.29) is 54.4 Å². The number of ether oxygens (including phenoxy) is 1. The van der Waals surface area contributed by atoms with Crippen LogP contribution in [0.4, 0.5) is 0 Å². The number of nitrogens with one attached hydrogen (secondary N) is 2. The lowest BCUT2D eigenvalue weighted by molar-refractivity contribution is -0.149. The van der Waals surface area contributed by atoms with Crippen LogP contribution in [0.2, 0.25) is 0 Å². The zero-order valence-electron chi connectivity index (χ0n) is 16.3. The minimum Gasteiger partial charge on any atom is -0.466 e. The number of guanidine groups is 1. The summed E-state index contributed by atoms with van der Waals surface area (Å²) in [5, 5.41) is 6.56. The second-order valence-corrected chi connectivity index (χ2v) is 6.71. The van der Waals surface area contributed by atoms with E-state index in [2.05, 4.69) is 22.2 Å². The Kier molecular flexibility index (Phi) is 12.3. The largest absolute Gasteiger partial charge is 0.466 e. The van der Waals surface area contributed by atoms with Crippen LogP contribution in [-0.4, -0.2) is 62.6 Å². The van der Waals surface area contributed by atoms with E-state index >= 15 is 0 Å². The molecular weight excluding hydrogens is 447 g/mol. The first-order valence-corrected chi connectivity index (χ1v) is 8.89. The van der Waals surface area contributed by atoms with Crippen LogP contribution in [0.5, 0.6) is 0 Å². The van der Waals surface area contributed by atoms with Crippen LogP contribution in [0.1, 0.15) is 39.5 Å². The van der Waals surface area contributed by atoms with E-state index in [1.165, 1.54) is 4.90 Å². The highest BCUT2D eigenvalue weighted by atomic mass is 127. The maximum atomic E-state index is 11.8. The number of amides is 1. The molecule has 1 aliphatic rings. The molecule has 0 heterocycles. The van der Waals surface area contributed by atoms with E-state index in [9.17, 15) is 9.59 Å². The van der Waals surface area contributed by atoms with E-state index in [1.54, 1.807) is 14.1 Å². The molecule has 0 aliphatic heterocycles. The van der Waals surface area contributed by atoms with Gasteiger partial charge >= 0.3 is 5.97 Å². The number of carbonyl (C=O) groups is 2. The second-order valence-electron chi connectivity index (χ2n) is 6.71. The fourth-order valence-electron chi connectivity index (χ4n) is 2.60. The molecule has 1 amide bonds. The van der Waals surface area contributed by atoms with Gasteiger partial charge in [-0.1, -0.05) is 12.2 Å². The zero-order chi connectivity index (χ0) is 18.8. The molecule has 0 bridgehead atoms. The van der Waals surface area contributed by atoms with Crippen molar-refractivity contribution in [2.24, 2.45) is 10.9 Å². The number of rotatable bonds is 7. The van der Waals surface area contributed by atoms with Crippen molar-refractivity contribution in [3.63, 3.8) is 0 Å². The molecule has 1 fully saturated rings. The molecule has 1 saturated carbocycles. The smallest absolute Gasteiger partial charge is 0.308 e. The van der Waals surface area contributed by atoms with Crippen LogP contribution in [0.15, 0.2) is 17.1 Å². The molecule has 0 saturated heterocycles. The number of likely N-dealkylation sites (N-methyl/N-ethyl adjacent to an activating group) is 1. The molecule has 1 rings (SSSR count). The van der Waals surface area contributed by atoms with Gasteiger partial charge in [-0.05, 0) is 39.5 Å². The van der Waals surface area contributed by atoms with Gasteiger partial charge in [-0.25, -0.2) is 4.99 Å². The third kappa shape index (κ3) is 9.40. The summed E-state index contributed by atoms with van der Waals surface area (Å²) >= 11 is 0. The third-order valence-electron chi connectivity index (χ3n) is 4.12. The summed E-state index contributed by atoms with van der Waals surface area (Å²) in [7, 11) is 3.42. The molecule has 0 radical (unpaired) electrons. The van der Waals surface area contributed by atoms with Gasteiger partial charge < -0.3 is 20.3 Å². The average molecular weight is 480 g/mol. The quantitative estimate of drug-likeness (QED) is 0.191. The molecule has 7 nitrogen and oxygen atoms in total. The zero-order valence-corrected chi connectivity index (χ0v) is 18.7. The number of aliphatic imine (C=N–C) groups is 1. The lowest BCUT2D eigenvalue weighted by atomic mass is 9.86.